The zero-order valence-electron chi connectivity index (χ0n) is 19.0. The fraction of sp³-hybridized carbons (Fsp3) is 0.379. The molecule has 3 aromatic rings. The van der Waals surface area contributed by atoms with E-state index in [4.69, 9.17) is 4.74 Å². The topological polar surface area (TPSA) is 9.23 Å². The monoisotopic (exact) mass is 418 g/mol. The van der Waals surface area contributed by atoms with Crippen LogP contribution in [0.4, 0.5) is 4.39 Å². The average Bonchev–Trinajstić information content (AvgIpc) is 2.80. The van der Waals surface area contributed by atoms with E-state index in [1.807, 2.05) is 24.3 Å². The minimum atomic E-state index is -0.176. The Morgan fingerprint density at radius 1 is 0.645 bits per heavy atom. The van der Waals surface area contributed by atoms with E-state index in [9.17, 15) is 4.39 Å². The number of unbranched alkanes of at least 4 members (excludes halogenated alkanes) is 4. The van der Waals surface area contributed by atoms with E-state index in [1.165, 1.54) is 43.2 Å². The molecule has 0 aliphatic carbocycles. The van der Waals surface area contributed by atoms with Crippen LogP contribution in [0.25, 0.3) is 22.3 Å². The number of hydrogen-bond acceptors (Lipinski definition) is 1. The summed E-state index contributed by atoms with van der Waals surface area (Å²) in [6, 6.07) is 22.4. The molecule has 3 aromatic carbocycles. The molecule has 0 saturated heterocycles. The highest BCUT2D eigenvalue weighted by Gasteiger charge is 2.08. The molecule has 2 heteroatoms. The molecule has 0 heterocycles. The molecule has 0 unspecified atom stereocenters. The molecule has 0 aliphatic rings. The molecule has 0 bridgehead atoms. The highest BCUT2D eigenvalue weighted by molar-refractivity contribution is 5.71. The number of hydrogen-bond donors (Lipinski definition) is 0. The second-order valence-electron chi connectivity index (χ2n) is 8.35. The van der Waals surface area contributed by atoms with Crippen LogP contribution >= 0.6 is 0 Å². The Morgan fingerprint density at radius 2 is 1.23 bits per heavy atom. The van der Waals surface area contributed by atoms with Gasteiger partial charge in [0.15, 0.2) is 0 Å². The van der Waals surface area contributed by atoms with Crippen LogP contribution in [0.15, 0.2) is 66.7 Å². The zero-order valence-corrected chi connectivity index (χ0v) is 19.0. The van der Waals surface area contributed by atoms with Crippen molar-refractivity contribution in [3.8, 4) is 22.3 Å². The van der Waals surface area contributed by atoms with Crippen molar-refractivity contribution in [3.05, 3.63) is 83.7 Å². The lowest BCUT2D eigenvalue weighted by molar-refractivity contribution is 0.195. The van der Waals surface area contributed by atoms with Gasteiger partial charge in [-0.25, -0.2) is 4.39 Å². The highest BCUT2D eigenvalue weighted by Crippen LogP contribution is 2.29. The predicted molar refractivity (Wildman–Crippen MR) is 130 cm³/mol. The first kappa shape index (κ1) is 23.2. The summed E-state index contributed by atoms with van der Waals surface area (Å²) < 4.78 is 20.0. The average molecular weight is 419 g/mol. The van der Waals surface area contributed by atoms with Crippen LogP contribution in [0.1, 0.15) is 56.6 Å². The second kappa shape index (κ2) is 12.4. The summed E-state index contributed by atoms with van der Waals surface area (Å²) in [5, 5.41) is 0. The first-order valence-corrected chi connectivity index (χ1v) is 11.7. The Kier molecular flexibility index (Phi) is 9.30. The fourth-order valence-electron chi connectivity index (χ4n) is 4.00. The van der Waals surface area contributed by atoms with Gasteiger partial charge >= 0.3 is 0 Å². The molecule has 0 N–H and O–H groups in total. The lowest BCUT2D eigenvalue weighted by Crippen LogP contribution is -1.93. The summed E-state index contributed by atoms with van der Waals surface area (Å²) in [7, 11) is 1.72. The minimum Gasteiger partial charge on any atom is -0.385 e. The molecular formula is C29H35FO. The van der Waals surface area contributed by atoms with Crippen LogP contribution in [0.3, 0.4) is 0 Å². The van der Waals surface area contributed by atoms with E-state index in [0.29, 0.717) is 5.56 Å². The Morgan fingerprint density at radius 3 is 1.84 bits per heavy atom. The van der Waals surface area contributed by atoms with Gasteiger partial charge in [0, 0.05) is 19.3 Å². The number of rotatable bonds is 12. The quantitative estimate of drug-likeness (QED) is 0.269. The normalized spacial score (nSPS) is 11.1. The molecule has 0 aromatic heterocycles. The molecule has 0 aliphatic heterocycles. The Hall–Kier alpha value is -2.45. The van der Waals surface area contributed by atoms with E-state index in [2.05, 4.69) is 43.3 Å². The van der Waals surface area contributed by atoms with E-state index >= 15 is 0 Å². The van der Waals surface area contributed by atoms with Gasteiger partial charge in [-0.15, -0.1) is 0 Å². The first-order valence-electron chi connectivity index (χ1n) is 11.7. The van der Waals surface area contributed by atoms with Crippen LogP contribution in [0, 0.1) is 5.82 Å². The van der Waals surface area contributed by atoms with E-state index < -0.39 is 0 Å². The molecule has 1 nitrogen and oxygen atoms in total. The van der Waals surface area contributed by atoms with E-state index in [1.54, 1.807) is 13.2 Å². The maximum atomic E-state index is 14.9. The molecule has 0 radical (unpaired) electrons. The van der Waals surface area contributed by atoms with Crippen LogP contribution in [0.2, 0.25) is 0 Å². The summed E-state index contributed by atoms with van der Waals surface area (Å²) in [5.41, 5.74) is 6.17. The fourth-order valence-corrected chi connectivity index (χ4v) is 4.00. The molecule has 0 saturated carbocycles. The van der Waals surface area contributed by atoms with Crippen molar-refractivity contribution >= 4 is 0 Å². The van der Waals surface area contributed by atoms with Crippen molar-refractivity contribution in [3.63, 3.8) is 0 Å². The summed E-state index contributed by atoms with van der Waals surface area (Å²) in [4.78, 5) is 0. The van der Waals surface area contributed by atoms with Gasteiger partial charge in [0.25, 0.3) is 0 Å². The Labute approximate surface area is 187 Å². The van der Waals surface area contributed by atoms with Crippen molar-refractivity contribution in [2.24, 2.45) is 0 Å². The van der Waals surface area contributed by atoms with Gasteiger partial charge in [-0.3, -0.25) is 0 Å². The van der Waals surface area contributed by atoms with Crippen molar-refractivity contribution in [1.82, 2.24) is 0 Å². The highest BCUT2D eigenvalue weighted by atomic mass is 19.1. The van der Waals surface area contributed by atoms with Crippen molar-refractivity contribution in [2.75, 3.05) is 13.7 Å². The van der Waals surface area contributed by atoms with Crippen molar-refractivity contribution in [1.29, 1.82) is 0 Å². The largest absolute Gasteiger partial charge is 0.385 e. The number of ether oxygens (including phenoxy) is 1. The summed E-state index contributed by atoms with van der Waals surface area (Å²) in [5.74, 6) is -0.176. The van der Waals surface area contributed by atoms with Crippen LogP contribution in [0.5, 0.6) is 0 Å². The van der Waals surface area contributed by atoms with Gasteiger partial charge in [-0.2, -0.15) is 0 Å². The molecule has 164 valence electrons. The SMILES string of the molecule is CCCCCCCc1ccc(-c2ccc(-c3ccc(CCCOC)cc3)c(F)c2)cc1. The van der Waals surface area contributed by atoms with Crippen molar-refractivity contribution in [2.45, 2.75) is 58.3 Å². The molecule has 3 rings (SSSR count). The van der Waals surface area contributed by atoms with Gasteiger partial charge < -0.3 is 4.74 Å². The summed E-state index contributed by atoms with van der Waals surface area (Å²) >= 11 is 0. The lowest BCUT2D eigenvalue weighted by Gasteiger charge is -2.09. The van der Waals surface area contributed by atoms with Gasteiger partial charge in [-0.05, 0) is 59.6 Å². The molecular weight excluding hydrogens is 383 g/mol. The maximum Gasteiger partial charge on any atom is 0.131 e. The number of aryl methyl sites for hydroxylation is 2. The minimum absolute atomic E-state index is 0.176. The third kappa shape index (κ3) is 7.04. The van der Waals surface area contributed by atoms with Gasteiger partial charge in [0.1, 0.15) is 5.82 Å². The van der Waals surface area contributed by atoms with Crippen LogP contribution < -0.4 is 0 Å². The number of methoxy groups -OCH3 is 1. The molecule has 0 atom stereocenters. The first-order chi connectivity index (χ1) is 15.2. The van der Waals surface area contributed by atoms with Gasteiger partial charge in [-0.1, -0.05) is 93.3 Å². The lowest BCUT2D eigenvalue weighted by atomic mass is 9.97. The molecule has 31 heavy (non-hydrogen) atoms. The van der Waals surface area contributed by atoms with E-state index in [0.717, 1.165) is 42.6 Å². The summed E-state index contributed by atoms with van der Waals surface area (Å²) in [6.07, 6.45) is 9.59. The smallest absolute Gasteiger partial charge is 0.131 e. The maximum absolute atomic E-state index is 14.9. The van der Waals surface area contributed by atoms with Gasteiger partial charge in [0.05, 0.1) is 0 Å². The third-order valence-electron chi connectivity index (χ3n) is 5.90. The predicted octanol–water partition coefficient (Wildman–Crippen LogP) is 8.25. The molecule has 0 fully saturated rings. The van der Waals surface area contributed by atoms with Crippen LogP contribution in [-0.2, 0) is 17.6 Å². The van der Waals surface area contributed by atoms with Crippen molar-refractivity contribution < 1.29 is 9.13 Å². The number of halogens is 1. The summed E-state index contributed by atoms with van der Waals surface area (Å²) in [6.45, 7) is 3.01. The van der Waals surface area contributed by atoms with E-state index in [-0.39, 0.29) is 5.82 Å². The van der Waals surface area contributed by atoms with Gasteiger partial charge in [0.2, 0.25) is 0 Å². The standard InChI is InChI=1S/C29H35FO/c1-3-4-5-6-7-9-23-11-15-25(16-12-23)27-19-20-28(29(30)22-27)26-17-13-24(14-18-26)10-8-21-31-2/h11-20,22H,3-10,21H2,1-2H3. The Bertz CT molecular complexity index is 912. The molecule has 0 amide bonds. The number of benzene rings is 3. The third-order valence-corrected chi connectivity index (χ3v) is 5.90. The second-order valence-corrected chi connectivity index (χ2v) is 8.35. The zero-order chi connectivity index (χ0) is 21.9. The Balaban J connectivity index is 1.62. The van der Waals surface area contributed by atoms with Crippen LogP contribution in [-0.4, -0.2) is 13.7 Å². The molecule has 0 spiro atoms.